The summed E-state index contributed by atoms with van der Waals surface area (Å²) >= 11 is 2.51. The van der Waals surface area contributed by atoms with E-state index < -0.39 is 154 Å². The fraction of sp³-hybridized carbons (Fsp3) is 0.761. The van der Waals surface area contributed by atoms with E-state index in [1.807, 2.05) is 81.4 Å². The first-order valence-corrected chi connectivity index (χ1v) is 44.8. The fourth-order valence-electron chi connectivity index (χ4n) is 13.3. The molecule has 30 atom stereocenters. The maximum Gasteiger partial charge on any atom is 0.527 e. The number of aliphatic hydroxyl groups is 4. The number of nitrogens with one attached hydrogen (secondary N) is 2. The topological polar surface area (TPSA) is 287 Å². The number of benzene rings is 2. The lowest BCUT2D eigenvalue weighted by Crippen LogP contribution is -2.70. The molecule has 0 aromatic heterocycles. The Kier molecular flexibility index (Phi) is 32.8. The molecule has 7 saturated heterocycles. The number of halogens is 2. The summed E-state index contributed by atoms with van der Waals surface area (Å²) in [4.78, 5) is 24.4. The van der Waals surface area contributed by atoms with Crippen LogP contribution in [0.1, 0.15) is 108 Å². The molecule has 7 aliphatic rings. The summed E-state index contributed by atoms with van der Waals surface area (Å²) in [7, 11) is 0. The van der Waals surface area contributed by atoms with Crippen molar-refractivity contribution in [1.29, 1.82) is 0 Å². The number of amides is 2. The zero-order valence-electron chi connectivity index (χ0n) is 57.6. The molecule has 7 heterocycles. The third-order valence-corrected chi connectivity index (χ3v) is 23.1. The van der Waals surface area contributed by atoms with Crippen LogP contribution in [0.4, 0.5) is 0 Å². The molecule has 2 aromatic carbocycles. The van der Waals surface area contributed by atoms with Crippen LogP contribution in [-0.4, -0.2) is 224 Å². The van der Waals surface area contributed by atoms with Gasteiger partial charge in [0.15, 0.2) is 43.5 Å². The first-order valence-electron chi connectivity index (χ1n) is 33.4. The molecule has 7 aliphatic heterocycles. The molecule has 9 rings (SSSR count). The largest absolute Gasteiger partial charge is 0.527 e. The van der Waals surface area contributed by atoms with Crippen LogP contribution in [0.5, 0.6) is 0 Å². The van der Waals surface area contributed by atoms with Crippen molar-refractivity contribution >= 4 is 76.9 Å². The van der Waals surface area contributed by atoms with E-state index in [2.05, 4.69) is 113 Å². The predicted molar refractivity (Wildman–Crippen MR) is 369 cm³/mol. The molecule has 12 unspecified atom stereocenters. The molecule has 6 N–H and O–H groups in total. The molecule has 0 saturated carbocycles. The van der Waals surface area contributed by atoms with E-state index in [0.29, 0.717) is 32.3 Å². The van der Waals surface area contributed by atoms with Gasteiger partial charge in [-0.1, -0.05) is 116 Å². The number of carbonyl (C=O) groups is 2. The Morgan fingerprint density at radius 3 is 1.34 bits per heavy atom. The Morgan fingerprint density at radius 2 is 0.926 bits per heavy atom. The summed E-state index contributed by atoms with van der Waals surface area (Å²) in [6.45, 7) is 34.8. The van der Waals surface area contributed by atoms with E-state index in [9.17, 15) is 30.0 Å². The highest BCUT2D eigenvalue weighted by Gasteiger charge is 2.57. The summed E-state index contributed by atoms with van der Waals surface area (Å²) in [5.41, 5.74) is 2.20. The SMILES string of the molecule is C=C.CC(=O)NC1[C@H](OC2[C@H]([O][AlH][I])OC(C)[C@H](C)[C@@H]2O[C@H]2O[C@@H](COCc3ccccc3)[C@@H](C)C(C)C2C)OC(CO)[C@@H](O)[C@@H]1O.CC(=O)NC1[C@H](OC2[C@H]([O][AlH][I])OC(C)[C@H](C)[C@@H]2O[C@H]2O[C@@H](COCc3ccccc3)[C@@H](C)C(C)C2C)OC2COC(C)(C)O[C@H]2[C@@H]1O. The van der Waals surface area contributed by atoms with Crippen molar-refractivity contribution in [3.63, 3.8) is 0 Å². The molecular weight excluding hydrogens is 1490 g/mol. The monoisotopic (exact) mass is 1600 g/mol. The second-order valence-electron chi connectivity index (χ2n) is 26.8. The van der Waals surface area contributed by atoms with E-state index in [4.69, 9.17) is 73.9 Å². The molecular formula is C67H106Al2I2N2O22. The van der Waals surface area contributed by atoms with Crippen molar-refractivity contribution < 1.29 is 104 Å². The van der Waals surface area contributed by atoms with Gasteiger partial charge in [-0.15, -0.1) is 13.2 Å². The molecule has 28 heteroatoms. The number of hydrogen-bond acceptors (Lipinski definition) is 22. The second kappa shape index (κ2) is 38.4. The van der Waals surface area contributed by atoms with E-state index in [0.717, 1.165) is 11.1 Å². The van der Waals surface area contributed by atoms with Crippen LogP contribution >= 0.6 is 40.5 Å². The minimum Gasteiger partial charge on any atom is -0.470 e. The van der Waals surface area contributed by atoms with Crippen molar-refractivity contribution in [3.8, 4) is 0 Å². The van der Waals surface area contributed by atoms with Crippen LogP contribution in [0.2, 0.25) is 0 Å². The lowest BCUT2D eigenvalue weighted by atomic mass is 9.79. The van der Waals surface area contributed by atoms with Gasteiger partial charge in [-0.05, 0) is 62.5 Å². The van der Waals surface area contributed by atoms with Gasteiger partial charge in [-0.3, -0.25) is 9.59 Å². The molecule has 0 bridgehead atoms. The maximum atomic E-state index is 12.4. The van der Waals surface area contributed by atoms with Gasteiger partial charge in [0.1, 0.15) is 60.9 Å². The van der Waals surface area contributed by atoms with Crippen LogP contribution in [0.15, 0.2) is 73.8 Å². The molecule has 7 fully saturated rings. The Bertz CT molecular complexity index is 2610. The molecule has 536 valence electrons. The Morgan fingerprint density at radius 1 is 0.526 bits per heavy atom. The highest BCUT2D eigenvalue weighted by atomic mass is 127. The van der Waals surface area contributed by atoms with Gasteiger partial charge in [-0.2, -0.15) is 40.5 Å². The van der Waals surface area contributed by atoms with Gasteiger partial charge >= 0.3 is 24.5 Å². The zero-order valence-corrected chi connectivity index (χ0v) is 64.7. The number of aliphatic hydroxyl groups excluding tert-OH is 4. The first kappa shape index (κ1) is 81.1. The van der Waals surface area contributed by atoms with Gasteiger partial charge in [0.25, 0.3) is 0 Å². The Hall–Kier alpha value is -1.16. The average Bonchev–Trinajstić information content (AvgIpc) is 0.775. The lowest BCUT2D eigenvalue weighted by molar-refractivity contribution is -0.391. The van der Waals surface area contributed by atoms with E-state index in [1.165, 1.54) is 13.8 Å². The third-order valence-electron chi connectivity index (χ3n) is 20.1. The van der Waals surface area contributed by atoms with Crippen molar-refractivity contribution in [2.24, 2.45) is 47.3 Å². The third kappa shape index (κ3) is 21.3. The normalized spacial score (nSPS) is 41.7. The first-order chi connectivity index (χ1) is 45.2. The van der Waals surface area contributed by atoms with Crippen LogP contribution in [0.25, 0.3) is 0 Å². The summed E-state index contributed by atoms with van der Waals surface area (Å²) in [6.07, 6.45) is -15.0. The summed E-state index contributed by atoms with van der Waals surface area (Å²) < 4.78 is 102. The molecule has 0 radical (unpaired) electrons. The summed E-state index contributed by atoms with van der Waals surface area (Å²) in [5.74, 6) is -0.818. The van der Waals surface area contributed by atoms with E-state index >= 15 is 0 Å². The molecule has 0 spiro atoms. The van der Waals surface area contributed by atoms with Crippen LogP contribution in [0.3, 0.4) is 0 Å². The lowest BCUT2D eigenvalue weighted by Gasteiger charge is -2.52. The van der Waals surface area contributed by atoms with Gasteiger partial charge in [-0.25, -0.2) is 0 Å². The molecule has 95 heavy (non-hydrogen) atoms. The average molecular weight is 1600 g/mol. The number of carbonyl (C=O) groups excluding carboxylic acids is 2. The van der Waals surface area contributed by atoms with Crippen molar-refractivity contribution in [2.75, 3.05) is 26.4 Å². The number of rotatable bonds is 23. The Balaban J connectivity index is 0.000000262. The summed E-state index contributed by atoms with van der Waals surface area (Å²) in [6, 6.07) is 18.1. The maximum absolute atomic E-state index is 12.4. The number of hydrogen-bond donors (Lipinski definition) is 6. The molecule has 24 nitrogen and oxygen atoms in total. The minimum absolute atomic E-state index is 0.0449. The minimum atomic E-state index is -1.45. The second-order valence-corrected chi connectivity index (χ2v) is 31.7. The molecule has 0 aliphatic carbocycles. The van der Waals surface area contributed by atoms with Crippen molar-refractivity contribution in [1.82, 2.24) is 10.6 Å². The molecule has 2 amide bonds. The predicted octanol–water partition coefficient (Wildman–Crippen LogP) is 5.90. The fourth-order valence-corrected chi connectivity index (χ4v) is 16.2. The van der Waals surface area contributed by atoms with Gasteiger partial charge < -0.3 is 105 Å². The number of ether oxygens (including phenoxy) is 14. The van der Waals surface area contributed by atoms with Crippen LogP contribution in [-0.2, 0) is 96.7 Å². The highest BCUT2D eigenvalue weighted by molar-refractivity contribution is 14.1. The van der Waals surface area contributed by atoms with E-state index in [-0.39, 0.29) is 78.4 Å². The molecule has 2 aromatic rings. The highest BCUT2D eigenvalue weighted by Crippen LogP contribution is 2.43. The smallest absolute Gasteiger partial charge is 0.470 e. The van der Waals surface area contributed by atoms with E-state index in [1.54, 1.807) is 13.8 Å². The quantitative estimate of drug-likeness (QED) is 0.0429. The van der Waals surface area contributed by atoms with Crippen LogP contribution in [0, 0.1) is 47.3 Å². The van der Waals surface area contributed by atoms with Gasteiger partial charge in [0, 0.05) is 37.5 Å². The van der Waals surface area contributed by atoms with Crippen LogP contribution < -0.4 is 10.6 Å². The standard InChI is InChI=1S/C34H52NO11.C31H48NO11.C2H4.2Al.2HI.2H/c1-17-18(2)24(15-39-14-23-12-10-9-11-13-23)42-32(19(17)3)44-28-20(4)21(5)41-31(38)30(28)45-33-26(35-22(6)36)27(37)29-25(43-33)16-40-34(7,8)46-29;1-15-16(2)23(14-38-13-21-10-8-7-9-11-21)41-30(17(15)3)42-27-18(4)19(5)39-29(37)28(27)43-31-24(32-20(6)34)26(36)25(35)22(12-33)40-31;1-2;;;;;;/h9-13,17-21,24-33,37H,14-16H2,1-8H3,(H,35,36);7-11,15-19,22-31,33,35-36H,12-14H2,1-6H3,(H,32,34);1-2H2;;;2*1H;;/q2*-1;;2*+2;;;;/p-2/t17?,18-,19?,20-,21?,24-,25?,26?,27+,28-,29+,30?,31+,32+,33-;15?,16-,17?,18-,19?,22?,23-,24?,25+,26+,27-,28?,29+,30+,31-;;;;;;;/m00......./s1. The van der Waals surface area contributed by atoms with Crippen molar-refractivity contribution in [2.45, 2.75) is 251 Å². The Labute approximate surface area is 596 Å². The zero-order chi connectivity index (χ0) is 69.6. The van der Waals surface area contributed by atoms with Gasteiger partial charge in [0.05, 0.1) is 76.3 Å². The van der Waals surface area contributed by atoms with Crippen molar-refractivity contribution in [3.05, 3.63) is 84.9 Å². The summed E-state index contributed by atoms with van der Waals surface area (Å²) in [5, 5.41) is 48.2. The van der Waals surface area contributed by atoms with Gasteiger partial charge in [0.2, 0.25) is 11.8 Å². The number of fused-ring (bicyclic) bond motifs is 1.